The van der Waals surface area contributed by atoms with Crippen LogP contribution >= 0.6 is 0 Å². The first-order valence-corrected chi connectivity index (χ1v) is 12.6. The van der Waals surface area contributed by atoms with Crippen LogP contribution in [0.3, 0.4) is 0 Å². The van der Waals surface area contributed by atoms with E-state index in [4.69, 9.17) is 4.74 Å². The Morgan fingerprint density at radius 3 is 2.26 bits per heavy atom. The predicted octanol–water partition coefficient (Wildman–Crippen LogP) is 2.44. The van der Waals surface area contributed by atoms with Gasteiger partial charge in [0, 0.05) is 36.2 Å². The van der Waals surface area contributed by atoms with Crippen LogP contribution in [0.1, 0.15) is 52.7 Å². The average Bonchev–Trinajstić information content (AvgIpc) is 2.69. The molecule has 3 amide bonds. The van der Waals surface area contributed by atoms with Crippen molar-refractivity contribution in [3.63, 3.8) is 0 Å². The Bertz CT molecular complexity index is 1170. The summed E-state index contributed by atoms with van der Waals surface area (Å²) in [5.74, 6) is -0.852. The quantitative estimate of drug-likeness (QED) is 0.515. The Labute approximate surface area is 199 Å². The van der Waals surface area contributed by atoms with Crippen molar-refractivity contribution in [1.29, 1.82) is 0 Å². The maximum Gasteiger partial charge on any atom is 0.407 e. The summed E-state index contributed by atoms with van der Waals surface area (Å²) < 4.78 is 27.6. The maximum absolute atomic E-state index is 12.7. The molecule has 0 unspecified atom stereocenters. The first-order chi connectivity index (χ1) is 15.7. The standard InChI is InChI=1S/C23H30N4O6S/c1-15-11-16(14-25-22(30)33-23(2,3)4)12-19(26-15)27-21(29)18-8-6-7-17(13-18)20(28)24-9-10-34(5,31)32/h6-8,11-13H,9-10,14H2,1-5H3,(H,24,28)(H,25,30)(H,26,27,29). The minimum absolute atomic E-state index is 0.0264. The largest absolute Gasteiger partial charge is 0.444 e. The van der Waals surface area contributed by atoms with Crippen LogP contribution in [0.25, 0.3) is 0 Å². The van der Waals surface area contributed by atoms with E-state index in [-0.39, 0.29) is 35.8 Å². The number of ether oxygens (including phenoxy) is 1. The molecule has 1 aromatic carbocycles. The second-order valence-corrected chi connectivity index (χ2v) is 11.0. The molecule has 0 saturated heterocycles. The highest BCUT2D eigenvalue weighted by Gasteiger charge is 2.16. The molecule has 10 nitrogen and oxygen atoms in total. The second kappa shape index (κ2) is 11.1. The van der Waals surface area contributed by atoms with E-state index in [0.29, 0.717) is 11.3 Å². The molecule has 0 atom stereocenters. The molecule has 34 heavy (non-hydrogen) atoms. The molecule has 1 aromatic heterocycles. The number of alkyl carbamates (subject to hydrolysis) is 1. The number of hydrogen-bond donors (Lipinski definition) is 3. The van der Waals surface area contributed by atoms with Crippen LogP contribution in [0, 0.1) is 6.92 Å². The summed E-state index contributed by atoms with van der Waals surface area (Å²) in [5.41, 5.74) is 1.19. The number of sulfone groups is 1. The molecular weight excluding hydrogens is 460 g/mol. The van der Waals surface area contributed by atoms with Gasteiger partial charge >= 0.3 is 6.09 Å². The number of anilines is 1. The number of benzene rings is 1. The van der Waals surface area contributed by atoms with Crippen molar-refractivity contribution >= 4 is 33.6 Å². The van der Waals surface area contributed by atoms with Gasteiger partial charge in [0.1, 0.15) is 21.3 Å². The Morgan fingerprint density at radius 2 is 1.65 bits per heavy atom. The molecule has 0 fully saturated rings. The van der Waals surface area contributed by atoms with Gasteiger partial charge in [-0.2, -0.15) is 0 Å². The van der Waals surface area contributed by atoms with Crippen molar-refractivity contribution in [3.05, 3.63) is 58.8 Å². The molecule has 1 heterocycles. The maximum atomic E-state index is 12.7. The number of hydrogen-bond acceptors (Lipinski definition) is 7. The number of nitrogens with one attached hydrogen (secondary N) is 3. The van der Waals surface area contributed by atoms with E-state index in [0.717, 1.165) is 6.26 Å². The molecule has 2 rings (SSSR count). The van der Waals surface area contributed by atoms with Gasteiger partial charge in [0.25, 0.3) is 11.8 Å². The number of aryl methyl sites for hydroxylation is 1. The number of amides is 3. The number of pyridine rings is 1. The van der Waals surface area contributed by atoms with E-state index in [9.17, 15) is 22.8 Å². The summed E-state index contributed by atoms with van der Waals surface area (Å²) >= 11 is 0. The van der Waals surface area contributed by atoms with E-state index in [1.165, 1.54) is 12.1 Å². The lowest BCUT2D eigenvalue weighted by Crippen LogP contribution is -2.32. The summed E-state index contributed by atoms with van der Waals surface area (Å²) in [6.45, 7) is 7.22. The number of aromatic nitrogens is 1. The Kier molecular flexibility index (Phi) is 8.74. The zero-order valence-electron chi connectivity index (χ0n) is 19.9. The fourth-order valence-corrected chi connectivity index (χ4v) is 3.31. The summed E-state index contributed by atoms with van der Waals surface area (Å²) in [6, 6.07) is 9.44. The first kappa shape index (κ1) is 26.8. The molecule has 3 N–H and O–H groups in total. The van der Waals surface area contributed by atoms with E-state index in [2.05, 4.69) is 20.9 Å². The van der Waals surface area contributed by atoms with Crippen LogP contribution in [-0.4, -0.2) is 55.5 Å². The monoisotopic (exact) mass is 490 g/mol. The minimum atomic E-state index is -3.20. The molecule has 2 aromatic rings. The zero-order valence-corrected chi connectivity index (χ0v) is 20.7. The molecule has 0 aliphatic rings. The molecule has 0 saturated carbocycles. The fraction of sp³-hybridized carbons (Fsp3) is 0.391. The molecular formula is C23H30N4O6S. The number of carbonyl (C=O) groups excluding carboxylic acids is 3. The minimum Gasteiger partial charge on any atom is -0.444 e. The lowest BCUT2D eigenvalue weighted by molar-refractivity contribution is 0.0523. The highest BCUT2D eigenvalue weighted by molar-refractivity contribution is 7.90. The van der Waals surface area contributed by atoms with Crippen LogP contribution in [-0.2, 0) is 21.1 Å². The van der Waals surface area contributed by atoms with Crippen molar-refractivity contribution in [2.45, 2.75) is 39.8 Å². The SMILES string of the molecule is Cc1cc(CNC(=O)OC(C)(C)C)cc(NC(=O)c2cccc(C(=O)NCCS(C)(=O)=O)c2)n1. The summed E-state index contributed by atoms with van der Waals surface area (Å²) in [6.07, 6.45) is 0.529. The third-order valence-electron chi connectivity index (χ3n) is 4.24. The van der Waals surface area contributed by atoms with Gasteiger partial charge in [0.2, 0.25) is 0 Å². The third-order valence-corrected chi connectivity index (χ3v) is 5.18. The summed E-state index contributed by atoms with van der Waals surface area (Å²) in [7, 11) is -3.20. The highest BCUT2D eigenvalue weighted by Crippen LogP contribution is 2.14. The highest BCUT2D eigenvalue weighted by atomic mass is 32.2. The molecule has 0 aliphatic heterocycles. The van der Waals surface area contributed by atoms with E-state index >= 15 is 0 Å². The topological polar surface area (TPSA) is 144 Å². The van der Waals surface area contributed by atoms with Crippen LogP contribution < -0.4 is 16.0 Å². The number of rotatable bonds is 8. The van der Waals surface area contributed by atoms with Gasteiger partial charge in [-0.05, 0) is 63.6 Å². The Morgan fingerprint density at radius 1 is 1.00 bits per heavy atom. The average molecular weight is 491 g/mol. The van der Waals surface area contributed by atoms with Crippen molar-refractivity contribution in [2.75, 3.05) is 23.9 Å². The summed E-state index contributed by atoms with van der Waals surface area (Å²) in [5, 5.41) is 7.86. The van der Waals surface area contributed by atoms with Crippen LogP contribution in [0.2, 0.25) is 0 Å². The third kappa shape index (κ3) is 9.57. The van der Waals surface area contributed by atoms with E-state index in [1.807, 2.05) is 0 Å². The Balaban J connectivity index is 2.04. The van der Waals surface area contributed by atoms with Crippen molar-refractivity contribution in [1.82, 2.24) is 15.6 Å². The molecule has 0 aliphatic carbocycles. The Hall–Kier alpha value is -3.47. The number of nitrogens with zero attached hydrogens (tertiary/aromatic N) is 1. The lowest BCUT2D eigenvalue weighted by atomic mass is 10.1. The van der Waals surface area contributed by atoms with Gasteiger partial charge in [0.15, 0.2) is 0 Å². The first-order valence-electron chi connectivity index (χ1n) is 10.5. The van der Waals surface area contributed by atoms with E-state index in [1.54, 1.807) is 52.0 Å². The van der Waals surface area contributed by atoms with Crippen LogP contribution in [0.4, 0.5) is 10.6 Å². The smallest absolute Gasteiger partial charge is 0.407 e. The normalized spacial score (nSPS) is 11.4. The van der Waals surface area contributed by atoms with Gasteiger partial charge in [-0.1, -0.05) is 6.07 Å². The molecule has 184 valence electrons. The summed E-state index contributed by atoms with van der Waals surface area (Å²) in [4.78, 5) is 41.2. The zero-order chi connectivity index (χ0) is 25.5. The van der Waals surface area contributed by atoms with Gasteiger partial charge in [-0.15, -0.1) is 0 Å². The fourth-order valence-electron chi connectivity index (χ4n) is 2.84. The van der Waals surface area contributed by atoms with Crippen molar-refractivity contribution < 1.29 is 27.5 Å². The van der Waals surface area contributed by atoms with Gasteiger partial charge in [-0.3, -0.25) is 9.59 Å². The van der Waals surface area contributed by atoms with Gasteiger partial charge < -0.3 is 20.7 Å². The van der Waals surface area contributed by atoms with Crippen molar-refractivity contribution in [2.24, 2.45) is 0 Å². The van der Waals surface area contributed by atoms with Crippen LogP contribution in [0.15, 0.2) is 36.4 Å². The van der Waals surface area contributed by atoms with E-state index < -0.39 is 33.3 Å². The van der Waals surface area contributed by atoms with Crippen molar-refractivity contribution in [3.8, 4) is 0 Å². The second-order valence-electron chi connectivity index (χ2n) is 8.78. The van der Waals surface area contributed by atoms with Crippen LogP contribution in [0.5, 0.6) is 0 Å². The molecule has 0 radical (unpaired) electrons. The predicted molar refractivity (Wildman–Crippen MR) is 128 cm³/mol. The lowest BCUT2D eigenvalue weighted by Gasteiger charge is -2.19. The molecule has 11 heteroatoms. The van der Waals surface area contributed by atoms with Gasteiger partial charge in [-0.25, -0.2) is 18.2 Å². The molecule has 0 bridgehead atoms. The van der Waals surface area contributed by atoms with Gasteiger partial charge in [0.05, 0.1) is 5.75 Å². The molecule has 0 spiro atoms. The number of carbonyl (C=O) groups is 3.